The summed E-state index contributed by atoms with van der Waals surface area (Å²) in [4.78, 5) is 40.0. The van der Waals surface area contributed by atoms with Gasteiger partial charge in [0.1, 0.15) is 17.1 Å². The molecule has 178 valence electrons. The molecule has 0 saturated carbocycles. The van der Waals surface area contributed by atoms with Crippen LogP contribution in [0.3, 0.4) is 0 Å². The number of nitrogens with zero attached hydrogens (tertiary/aromatic N) is 2. The molecular formula is C25H23N5O5. The van der Waals surface area contributed by atoms with Gasteiger partial charge in [0, 0.05) is 29.8 Å². The van der Waals surface area contributed by atoms with E-state index >= 15 is 0 Å². The van der Waals surface area contributed by atoms with Crippen LogP contribution in [0.1, 0.15) is 21.7 Å². The SMILES string of the molecule is COc1ccc(C)c(C(=O)N(C)C[C@@]2(c3cc4cc(-c5cn[nH]c5)ccc4o3)NC(=O)NC2=O)c1. The summed E-state index contributed by atoms with van der Waals surface area (Å²) >= 11 is 0. The van der Waals surface area contributed by atoms with Crippen LogP contribution in [0.2, 0.25) is 0 Å². The third kappa shape index (κ3) is 3.78. The Kier molecular flexibility index (Phi) is 5.28. The van der Waals surface area contributed by atoms with Crippen LogP contribution in [0.25, 0.3) is 22.1 Å². The Morgan fingerprint density at radius 2 is 1.97 bits per heavy atom. The molecule has 1 fully saturated rings. The summed E-state index contributed by atoms with van der Waals surface area (Å²) in [5.41, 5.74) is 1.94. The number of amides is 4. The maximum absolute atomic E-state index is 13.3. The number of hydrogen-bond acceptors (Lipinski definition) is 6. The molecule has 1 saturated heterocycles. The number of imide groups is 1. The number of carbonyl (C=O) groups is 3. The predicted octanol–water partition coefficient (Wildman–Crippen LogP) is 2.95. The number of fused-ring (bicyclic) bond motifs is 1. The van der Waals surface area contributed by atoms with Gasteiger partial charge in [-0.25, -0.2) is 4.79 Å². The van der Waals surface area contributed by atoms with Crippen molar-refractivity contribution in [1.82, 2.24) is 25.7 Å². The molecule has 1 aliphatic heterocycles. The van der Waals surface area contributed by atoms with Crippen molar-refractivity contribution >= 4 is 28.8 Å². The van der Waals surface area contributed by atoms with Gasteiger partial charge in [-0.2, -0.15) is 5.10 Å². The molecule has 0 unspecified atom stereocenters. The molecule has 1 atom stereocenters. The van der Waals surface area contributed by atoms with Crippen molar-refractivity contribution in [1.29, 1.82) is 0 Å². The number of furan rings is 1. The number of H-pyrrole nitrogens is 1. The van der Waals surface area contributed by atoms with Crippen LogP contribution in [0, 0.1) is 6.92 Å². The maximum atomic E-state index is 13.3. The van der Waals surface area contributed by atoms with Crippen molar-refractivity contribution in [3.63, 3.8) is 0 Å². The number of methoxy groups -OCH3 is 1. The van der Waals surface area contributed by atoms with Crippen LogP contribution in [0.4, 0.5) is 4.79 Å². The lowest BCUT2D eigenvalue weighted by atomic mass is 9.94. The van der Waals surface area contributed by atoms with E-state index in [4.69, 9.17) is 9.15 Å². The second-order valence-electron chi connectivity index (χ2n) is 8.51. The van der Waals surface area contributed by atoms with Crippen LogP contribution in [0.5, 0.6) is 5.75 Å². The average Bonchev–Trinajstić information content (AvgIpc) is 3.58. The Balaban J connectivity index is 1.52. The lowest BCUT2D eigenvalue weighted by molar-refractivity contribution is -0.125. The lowest BCUT2D eigenvalue weighted by Crippen LogP contribution is -2.52. The van der Waals surface area contributed by atoms with Gasteiger partial charge in [-0.1, -0.05) is 12.1 Å². The summed E-state index contributed by atoms with van der Waals surface area (Å²) in [6.45, 7) is 1.67. The van der Waals surface area contributed by atoms with E-state index in [9.17, 15) is 14.4 Å². The van der Waals surface area contributed by atoms with E-state index in [1.807, 2.05) is 19.1 Å². The summed E-state index contributed by atoms with van der Waals surface area (Å²) < 4.78 is 11.3. The molecule has 10 nitrogen and oxygen atoms in total. The van der Waals surface area contributed by atoms with Gasteiger partial charge in [0.2, 0.25) is 0 Å². The summed E-state index contributed by atoms with van der Waals surface area (Å²) in [7, 11) is 3.09. The molecule has 35 heavy (non-hydrogen) atoms. The molecule has 1 aliphatic rings. The molecule has 3 heterocycles. The molecule has 4 amide bonds. The van der Waals surface area contributed by atoms with Gasteiger partial charge in [0.25, 0.3) is 11.8 Å². The second kappa shape index (κ2) is 8.32. The highest BCUT2D eigenvalue weighted by atomic mass is 16.5. The van der Waals surface area contributed by atoms with E-state index in [2.05, 4.69) is 20.8 Å². The zero-order valence-electron chi connectivity index (χ0n) is 19.3. The molecule has 0 spiro atoms. The number of ether oxygens (including phenoxy) is 1. The minimum absolute atomic E-state index is 0.144. The first-order chi connectivity index (χ1) is 16.8. The van der Waals surface area contributed by atoms with Gasteiger partial charge in [-0.3, -0.25) is 20.0 Å². The fourth-order valence-electron chi connectivity index (χ4n) is 4.29. The Morgan fingerprint density at radius 3 is 2.66 bits per heavy atom. The number of benzene rings is 2. The second-order valence-corrected chi connectivity index (χ2v) is 8.51. The quantitative estimate of drug-likeness (QED) is 0.369. The first-order valence-corrected chi connectivity index (χ1v) is 10.9. The van der Waals surface area contributed by atoms with Crippen molar-refractivity contribution in [2.45, 2.75) is 12.5 Å². The summed E-state index contributed by atoms with van der Waals surface area (Å²) in [5, 5.41) is 12.5. The molecule has 4 aromatic rings. The Morgan fingerprint density at radius 1 is 1.14 bits per heavy atom. The Labute approximate surface area is 200 Å². The number of aryl methyl sites for hydroxylation is 1. The van der Waals surface area contributed by atoms with Crippen LogP contribution < -0.4 is 15.4 Å². The number of carbonyl (C=O) groups excluding carboxylic acids is 3. The minimum atomic E-state index is -1.59. The van der Waals surface area contributed by atoms with E-state index in [0.717, 1.165) is 22.1 Å². The van der Waals surface area contributed by atoms with E-state index < -0.39 is 17.5 Å². The largest absolute Gasteiger partial charge is 0.497 e. The highest BCUT2D eigenvalue weighted by Crippen LogP contribution is 2.34. The fraction of sp³-hybridized carbons (Fsp3) is 0.200. The third-order valence-corrected chi connectivity index (χ3v) is 6.21. The number of nitrogens with one attached hydrogen (secondary N) is 3. The molecule has 5 rings (SSSR count). The summed E-state index contributed by atoms with van der Waals surface area (Å²) in [5.74, 6) is -0.159. The molecule has 3 N–H and O–H groups in total. The van der Waals surface area contributed by atoms with E-state index in [-0.39, 0.29) is 18.2 Å². The number of aromatic amines is 1. The predicted molar refractivity (Wildman–Crippen MR) is 127 cm³/mol. The summed E-state index contributed by atoms with van der Waals surface area (Å²) in [6, 6.07) is 11.8. The van der Waals surface area contributed by atoms with Gasteiger partial charge in [0.05, 0.1) is 19.9 Å². The molecule has 10 heteroatoms. The molecule has 0 radical (unpaired) electrons. The van der Waals surface area contributed by atoms with Gasteiger partial charge in [0.15, 0.2) is 5.54 Å². The van der Waals surface area contributed by atoms with Crippen molar-refractivity contribution in [3.8, 4) is 16.9 Å². The Bertz CT molecular complexity index is 1460. The van der Waals surface area contributed by atoms with Crippen molar-refractivity contribution < 1.29 is 23.5 Å². The average molecular weight is 473 g/mol. The van der Waals surface area contributed by atoms with E-state index in [1.165, 1.54) is 12.0 Å². The first-order valence-electron chi connectivity index (χ1n) is 10.9. The van der Waals surface area contributed by atoms with Crippen LogP contribution >= 0.6 is 0 Å². The topological polar surface area (TPSA) is 130 Å². The highest BCUT2D eigenvalue weighted by molar-refractivity contribution is 6.08. The highest BCUT2D eigenvalue weighted by Gasteiger charge is 2.51. The normalized spacial score (nSPS) is 17.3. The number of urea groups is 1. The van der Waals surface area contributed by atoms with E-state index in [0.29, 0.717) is 16.9 Å². The van der Waals surface area contributed by atoms with Gasteiger partial charge in [-0.15, -0.1) is 0 Å². The van der Waals surface area contributed by atoms with E-state index in [1.54, 1.807) is 49.8 Å². The van der Waals surface area contributed by atoms with Gasteiger partial charge >= 0.3 is 6.03 Å². The van der Waals surface area contributed by atoms with Crippen molar-refractivity contribution in [3.05, 3.63) is 71.7 Å². The zero-order chi connectivity index (χ0) is 24.7. The number of likely N-dealkylation sites (N-methyl/N-ethyl adjacent to an activating group) is 1. The number of rotatable bonds is 6. The lowest BCUT2D eigenvalue weighted by Gasteiger charge is -2.29. The number of hydrogen-bond donors (Lipinski definition) is 3. The molecular weight excluding hydrogens is 450 g/mol. The Hall–Kier alpha value is -4.60. The first kappa shape index (κ1) is 22.2. The smallest absolute Gasteiger partial charge is 0.322 e. The monoisotopic (exact) mass is 473 g/mol. The third-order valence-electron chi connectivity index (χ3n) is 6.21. The standard InChI is InChI=1S/C25H23N5O5/c1-14-4-6-18(34-3)10-19(14)22(31)30(2)13-25(23(32)28-24(33)29-25)21-9-16-8-15(5-7-20(16)35-21)17-11-26-27-12-17/h4-12H,13H2,1-3H3,(H,26,27)(H2,28,29,32,33)/t25-/m0/s1. The van der Waals surface area contributed by atoms with Crippen LogP contribution in [-0.2, 0) is 10.3 Å². The van der Waals surface area contributed by atoms with Gasteiger partial charge < -0.3 is 19.4 Å². The number of aromatic nitrogens is 2. The molecule has 2 aromatic heterocycles. The van der Waals surface area contributed by atoms with Crippen molar-refractivity contribution in [2.75, 3.05) is 20.7 Å². The molecule has 0 aliphatic carbocycles. The van der Waals surface area contributed by atoms with Crippen LogP contribution in [-0.4, -0.2) is 53.6 Å². The molecule has 0 bridgehead atoms. The maximum Gasteiger partial charge on any atom is 0.322 e. The molecule has 2 aromatic carbocycles. The van der Waals surface area contributed by atoms with Crippen LogP contribution in [0.15, 0.2) is 59.3 Å². The minimum Gasteiger partial charge on any atom is -0.497 e. The van der Waals surface area contributed by atoms with Crippen molar-refractivity contribution in [2.24, 2.45) is 0 Å². The summed E-state index contributed by atoms with van der Waals surface area (Å²) in [6.07, 6.45) is 3.48. The fourth-order valence-corrected chi connectivity index (χ4v) is 4.29. The van der Waals surface area contributed by atoms with Gasteiger partial charge in [-0.05, 0) is 48.4 Å². The zero-order valence-corrected chi connectivity index (χ0v) is 19.3.